The van der Waals surface area contributed by atoms with E-state index in [2.05, 4.69) is 5.32 Å². The van der Waals surface area contributed by atoms with Gasteiger partial charge in [0.25, 0.3) is 11.8 Å². The molecule has 0 aliphatic carbocycles. The molecule has 0 saturated heterocycles. The Morgan fingerprint density at radius 2 is 0.720 bits per heavy atom. The van der Waals surface area contributed by atoms with Crippen molar-refractivity contribution in [1.82, 2.24) is 9.80 Å². The normalized spacial score (nSPS) is 13.9. The summed E-state index contributed by atoms with van der Waals surface area (Å²) >= 11 is 5.07. The molecule has 29 nitrogen and oxygen atoms in total. The fourth-order valence-corrected chi connectivity index (χ4v) is 11.6. The van der Waals surface area contributed by atoms with Gasteiger partial charge in [-0.25, -0.2) is 4.79 Å². The van der Waals surface area contributed by atoms with E-state index in [4.69, 9.17) is 56.8 Å². The van der Waals surface area contributed by atoms with Gasteiger partial charge in [-0.05, 0) is 88.5 Å². The smallest absolute Gasteiger partial charge is 0.332 e. The van der Waals surface area contributed by atoms with Crippen molar-refractivity contribution in [3.63, 3.8) is 0 Å². The Morgan fingerprint density at radius 3 is 1.00 bits per heavy atom. The van der Waals surface area contributed by atoms with Crippen LogP contribution in [0.25, 0.3) is 0 Å². The quantitative estimate of drug-likeness (QED) is 0.0684. The molecular formula is C50H66I3N3O26. The highest BCUT2D eigenvalue weighted by Gasteiger charge is 2.47. The van der Waals surface area contributed by atoms with E-state index in [9.17, 15) is 57.5 Å². The molecule has 0 saturated carbocycles. The van der Waals surface area contributed by atoms with Crippen molar-refractivity contribution in [3.8, 4) is 0 Å². The van der Waals surface area contributed by atoms with Crippen molar-refractivity contribution in [3.05, 3.63) is 21.8 Å². The first kappa shape index (κ1) is 74.0. The molecule has 1 N–H and O–H groups in total. The molecule has 8 atom stereocenters. The zero-order valence-corrected chi connectivity index (χ0v) is 54.0. The number of carbonyl (C=O) groups excluding carboxylic acids is 14. The average Bonchev–Trinajstić information content (AvgIpc) is 3.30. The molecule has 82 heavy (non-hydrogen) atoms. The highest BCUT2D eigenvalue weighted by Crippen LogP contribution is 2.37. The summed E-state index contributed by atoms with van der Waals surface area (Å²) in [5.41, 5.74) is -1.76. The van der Waals surface area contributed by atoms with Gasteiger partial charge in [-0.1, -0.05) is 0 Å². The third kappa shape index (κ3) is 26.0. The second-order valence-corrected chi connectivity index (χ2v) is 21.8. The van der Waals surface area contributed by atoms with Crippen LogP contribution in [0.4, 0.5) is 5.69 Å². The number of halogens is 3. The lowest BCUT2D eigenvalue weighted by molar-refractivity contribution is -0.203. The van der Waals surface area contributed by atoms with Gasteiger partial charge in [0.15, 0.2) is 48.8 Å². The van der Waals surface area contributed by atoms with Crippen LogP contribution in [-0.2, 0) is 114 Å². The van der Waals surface area contributed by atoms with E-state index < -0.39 is 177 Å². The molecule has 1 rings (SSSR count). The fraction of sp³-hybridized carbons (Fsp3) is 0.600. The number of ether oxygens (including phenoxy) is 12. The molecule has 0 aromatic heterocycles. The molecule has 0 aliphatic rings. The number of hydrogen-bond donors (Lipinski definition) is 1. The fourth-order valence-electron chi connectivity index (χ4n) is 7.25. The molecule has 0 spiro atoms. The molecule has 1 aromatic carbocycles. The minimum Gasteiger partial charge on any atom is -0.462 e. The van der Waals surface area contributed by atoms with Crippen molar-refractivity contribution in [2.75, 3.05) is 58.9 Å². The van der Waals surface area contributed by atoms with E-state index in [-0.39, 0.29) is 27.5 Å². The number of carbonyl (C=O) groups is 14. The van der Waals surface area contributed by atoms with Gasteiger partial charge in [0.05, 0.1) is 37.0 Å². The molecule has 8 unspecified atom stereocenters. The Bertz CT molecular complexity index is 2440. The summed E-state index contributed by atoms with van der Waals surface area (Å²) in [6.07, 6.45) is -14.7. The average molecular weight is 1510 g/mol. The van der Waals surface area contributed by atoms with Gasteiger partial charge < -0.3 is 72.0 Å². The van der Waals surface area contributed by atoms with Crippen LogP contribution in [0.15, 0.2) is 0 Å². The lowest BCUT2D eigenvalue weighted by Crippen LogP contribution is -2.56. The van der Waals surface area contributed by atoms with Crippen molar-refractivity contribution in [2.24, 2.45) is 0 Å². The van der Waals surface area contributed by atoms with E-state index in [1.54, 1.807) is 88.5 Å². The minimum absolute atomic E-state index is 0.0427. The number of likely N-dealkylation sites (N-methyl/N-ethyl adjacent to an activating group) is 2. The molecule has 1 aromatic rings. The predicted octanol–water partition coefficient (Wildman–Crippen LogP) is 2.52. The van der Waals surface area contributed by atoms with E-state index in [1.807, 2.05) is 0 Å². The minimum atomic E-state index is -1.93. The Labute approximate surface area is 512 Å². The maximum atomic E-state index is 15.1. The molecule has 458 valence electrons. The standard InChI is InChI=1S/C50H66I3N3O26/c1-22(57)72-18-34(76-26(5)61)46(80-30(9)65)44(78-28(7)63)32(74-24(3)59)16-55(14)48(69)38-40(51)39(42(53)43(41(38)52)54-36(67)20-71-21-37(68)82-50(11,12)13)49(70)56(15)17-33(75-25(4)60)45(79-29(8)64)47(81-31(10)66)35(77-27(6)62)19-73-23(2)58/h32-35,44-47H,16-21H2,1-15H3,(H,54,67). The van der Waals surface area contributed by atoms with Crippen LogP contribution in [0.3, 0.4) is 0 Å². The van der Waals surface area contributed by atoms with Gasteiger partial charge >= 0.3 is 65.7 Å². The van der Waals surface area contributed by atoms with Crippen LogP contribution in [0.1, 0.15) is 111 Å². The maximum absolute atomic E-state index is 15.1. The highest BCUT2D eigenvalue weighted by atomic mass is 127. The number of rotatable bonds is 29. The van der Waals surface area contributed by atoms with Crippen LogP contribution < -0.4 is 5.32 Å². The zero-order chi connectivity index (χ0) is 63.3. The van der Waals surface area contributed by atoms with Crippen molar-refractivity contribution in [1.29, 1.82) is 0 Å². The summed E-state index contributed by atoms with van der Waals surface area (Å²) in [6, 6.07) is 0. The van der Waals surface area contributed by atoms with Gasteiger partial charge in [0.2, 0.25) is 5.91 Å². The summed E-state index contributed by atoms with van der Waals surface area (Å²) in [4.78, 5) is 183. The van der Waals surface area contributed by atoms with Crippen LogP contribution in [0.5, 0.6) is 0 Å². The number of benzene rings is 1. The third-order valence-electron chi connectivity index (χ3n) is 9.98. The summed E-state index contributed by atoms with van der Waals surface area (Å²) in [7, 11) is 2.35. The van der Waals surface area contributed by atoms with Crippen molar-refractivity contribution >= 4 is 157 Å². The van der Waals surface area contributed by atoms with Crippen LogP contribution >= 0.6 is 67.8 Å². The molecule has 0 bridgehead atoms. The SMILES string of the molecule is CC(=O)OCC(OC(C)=O)C(OC(C)=O)C(OC(C)=O)C(CN(C)C(=O)c1c(I)c(NC(=O)COCC(=O)OC(C)(C)C)c(I)c(C(=O)N(C)CC(OC(C)=O)C(OC(C)=O)C(OC(C)=O)C(COC(C)=O)OC(C)=O)c1I)OC(C)=O. The van der Waals surface area contributed by atoms with Gasteiger partial charge in [-0.2, -0.15) is 0 Å². The number of hydrogen-bond acceptors (Lipinski definition) is 26. The first-order valence-electron chi connectivity index (χ1n) is 24.2. The molecule has 0 fully saturated rings. The zero-order valence-electron chi connectivity index (χ0n) is 47.5. The topological polar surface area (TPSA) is 368 Å². The molecule has 32 heteroatoms. The summed E-state index contributed by atoms with van der Waals surface area (Å²) in [5.74, 6) is -13.7. The number of nitrogens with zero attached hydrogens (tertiary/aromatic N) is 2. The van der Waals surface area contributed by atoms with E-state index in [0.29, 0.717) is 0 Å². The molecule has 0 heterocycles. The predicted molar refractivity (Wildman–Crippen MR) is 302 cm³/mol. The Kier molecular flexibility index (Phi) is 31.1. The number of nitrogens with one attached hydrogen (secondary N) is 1. The van der Waals surface area contributed by atoms with Gasteiger partial charge in [0, 0.05) is 86.9 Å². The Morgan fingerprint density at radius 1 is 0.427 bits per heavy atom. The second kappa shape index (κ2) is 34.5. The number of amides is 3. The monoisotopic (exact) mass is 1510 g/mol. The van der Waals surface area contributed by atoms with Crippen molar-refractivity contribution < 1.29 is 124 Å². The maximum Gasteiger partial charge on any atom is 0.332 e. The third-order valence-corrected chi connectivity index (χ3v) is 13.2. The molecule has 3 amide bonds. The first-order valence-corrected chi connectivity index (χ1v) is 27.5. The van der Waals surface area contributed by atoms with Crippen LogP contribution in [0, 0.1) is 10.7 Å². The summed E-state index contributed by atoms with van der Waals surface area (Å²) in [6.45, 7) is 9.93. The Balaban J connectivity index is 4.39. The molecule has 0 aliphatic heterocycles. The van der Waals surface area contributed by atoms with Crippen LogP contribution in [0.2, 0.25) is 0 Å². The van der Waals surface area contributed by atoms with E-state index in [1.165, 1.54) is 14.1 Å². The lowest BCUT2D eigenvalue weighted by Gasteiger charge is -2.37. The number of esters is 11. The van der Waals surface area contributed by atoms with E-state index >= 15 is 9.59 Å². The largest absolute Gasteiger partial charge is 0.462 e. The summed E-state index contributed by atoms with van der Waals surface area (Å²) < 4.78 is 64.3. The number of anilines is 1. The highest BCUT2D eigenvalue weighted by molar-refractivity contribution is 14.1. The second-order valence-electron chi connectivity index (χ2n) is 18.6. The van der Waals surface area contributed by atoms with E-state index in [0.717, 1.165) is 79.0 Å². The molecule has 0 radical (unpaired) electrons. The lowest BCUT2D eigenvalue weighted by atomic mass is 10.0. The van der Waals surface area contributed by atoms with Gasteiger partial charge in [-0.3, -0.25) is 62.3 Å². The van der Waals surface area contributed by atoms with Gasteiger partial charge in [-0.15, -0.1) is 0 Å². The van der Waals surface area contributed by atoms with Gasteiger partial charge in [0.1, 0.15) is 32.0 Å². The Hall–Kier alpha value is -6.05. The van der Waals surface area contributed by atoms with Crippen molar-refractivity contribution in [2.45, 2.75) is 144 Å². The first-order chi connectivity index (χ1) is 37.8. The summed E-state index contributed by atoms with van der Waals surface area (Å²) in [5, 5.41) is 2.59. The molecular weight excluding hydrogens is 1440 g/mol. The van der Waals surface area contributed by atoms with Crippen LogP contribution in [-0.4, -0.2) is 201 Å².